The second kappa shape index (κ2) is 7.05. The number of rotatable bonds is 5. The van der Waals surface area contributed by atoms with E-state index in [4.69, 9.17) is 10.5 Å². The Morgan fingerprint density at radius 1 is 1.15 bits per heavy atom. The molecule has 0 bridgehead atoms. The molecule has 3 N–H and O–H groups in total. The Hall–Kier alpha value is -2.84. The third-order valence-corrected chi connectivity index (χ3v) is 5.83. The Morgan fingerprint density at radius 3 is 2.56 bits per heavy atom. The fourth-order valence-electron chi connectivity index (χ4n) is 2.98. The van der Waals surface area contributed by atoms with Crippen LogP contribution in [0.1, 0.15) is 11.1 Å². The lowest BCUT2D eigenvalue weighted by atomic mass is 10.1. The number of nitrogens with zero attached hydrogens (tertiary/aromatic N) is 1. The van der Waals surface area contributed by atoms with Crippen molar-refractivity contribution in [2.75, 3.05) is 11.8 Å². The maximum Gasteiger partial charge on any atom is 0.265 e. The van der Waals surface area contributed by atoms with Crippen molar-refractivity contribution in [3.8, 4) is 5.75 Å². The molecule has 0 aliphatic heterocycles. The molecule has 7 nitrogen and oxygen atoms in total. The summed E-state index contributed by atoms with van der Waals surface area (Å²) in [5.74, 6) is 0.226. The van der Waals surface area contributed by atoms with Crippen molar-refractivity contribution in [3.05, 3.63) is 63.9 Å². The van der Waals surface area contributed by atoms with E-state index < -0.39 is 10.0 Å². The zero-order valence-electron chi connectivity index (χ0n) is 15.3. The number of anilines is 1. The second-order valence-electron chi connectivity index (χ2n) is 6.26. The molecule has 0 saturated heterocycles. The molecular formula is C19H21N3O4S. The molecule has 0 amide bonds. The lowest BCUT2D eigenvalue weighted by Crippen LogP contribution is -2.19. The molecule has 3 rings (SSSR count). The molecule has 27 heavy (non-hydrogen) atoms. The highest BCUT2D eigenvalue weighted by atomic mass is 32.2. The first kappa shape index (κ1) is 18.9. The maximum absolute atomic E-state index is 12.8. The number of pyridine rings is 1. The molecule has 0 radical (unpaired) electrons. The summed E-state index contributed by atoms with van der Waals surface area (Å²) in [6.45, 7) is 2.01. The second-order valence-corrected chi connectivity index (χ2v) is 7.91. The number of nitrogens with one attached hydrogen (secondary N) is 1. The fourth-order valence-corrected chi connectivity index (χ4v) is 4.18. The van der Waals surface area contributed by atoms with Gasteiger partial charge in [0, 0.05) is 30.2 Å². The van der Waals surface area contributed by atoms with Gasteiger partial charge in [-0.3, -0.25) is 9.52 Å². The molecular weight excluding hydrogens is 366 g/mol. The zero-order chi connectivity index (χ0) is 19.8. The first-order valence-corrected chi connectivity index (χ1v) is 9.75. The van der Waals surface area contributed by atoms with Gasteiger partial charge in [-0.2, -0.15) is 0 Å². The van der Waals surface area contributed by atoms with E-state index >= 15 is 0 Å². The maximum atomic E-state index is 12.8. The van der Waals surface area contributed by atoms with Crippen molar-refractivity contribution in [1.82, 2.24) is 4.57 Å². The monoisotopic (exact) mass is 387 g/mol. The lowest BCUT2D eigenvalue weighted by Gasteiger charge is -2.14. The van der Waals surface area contributed by atoms with Gasteiger partial charge in [0.15, 0.2) is 0 Å². The third kappa shape index (κ3) is 3.54. The Balaban J connectivity index is 2.04. The van der Waals surface area contributed by atoms with Gasteiger partial charge in [-0.25, -0.2) is 8.42 Å². The highest BCUT2D eigenvalue weighted by molar-refractivity contribution is 7.92. The van der Waals surface area contributed by atoms with Gasteiger partial charge < -0.3 is 15.0 Å². The largest absolute Gasteiger partial charge is 0.495 e. The van der Waals surface area contributed by atoms with Crippen LogP contribution in [0.2, 0.25) is 0 Å². The van der Waals surface area contributed by atoms with E-state index in [9.17, 15) is 13.2 Å². The smallest absolute Gasteiger partial charge is 0.265 e. The van der Waals surface area contributed by atoms with Crippen molar-refractivity contribution in [2.45, 2.75) is 18.4 Å². The number of nitrogens with two attached hydrogens (primary N) is 1. The van der Waals surface area contributed by atoms with Crippen LogP contribution in [0.5, 0.6) is 5.75 Å². The number of hydrogen-bond acceptors (Lipinski definition) is 5. The lowest BCUT2D eigenvalue weighted by molar-refractivity contribution is 0.402. The summed E-state index contributed by atoms with van der Waals surface area (Å²) in [4.78, 5) is 12.1. The van der Waals surface area contributed by atoms with Gasteiger partial charge >= 0.3 is 0 Å². The number of aryl methyl sites for hydroxylation is 2. The normalized spacial score (nSPS) is 11.6. The van der Waals surface area contributed by atoms with Crippen LogP contribution in [0.15, 0.2) is 52.2 Å². The number of aromatic nitrogens is 1. The Kier molecular flexibility index (Phi) is 4.95. The molecule has 142 valence electrons. The molecule has 3 aromatic rings. The third-order valence-electron chi connectivity index (χ3n) is 4.41. The Morgan fingerprint density at radius 2 is 1.89 bits per heavy atom. The predicted molar refractivity (Wildman–Crippen MR) is 106 cm³/mol. The number of ether oxygens (including phenoxy) is 1. The molecule has 0 aliphatic carbocycles. The van der Waals surface area contributed by atoms with E-state index in [-0.39, 0.29) is 22.7 Å². The van der Waals surface area contributed by atoms with Gasteiger partial charge in [0.1, 0.15) is 10.6 Å². The average molecular weight is 387 g/mol. The number of benzene rings is 2. The summed E-state index contributed by atoms with van der Waals surface area (Å²) in [7, 11) is -0.766. The van der Waals surface area contributed by atoms with Gasteiger partial charge in [0.25, 0.3) is 15.6 Å². The summed E-state index contributed by atoms with van der Waals surface area (Å²) >= 11 is 0. The minimum Gasteiger partial charge on any atom is -0.495 e. The molecule has 0 atom stereocenters. The van der Waals surface area contributed by atoms with Gasteiger partial charge in [-0.05, 0) is 48.9 Å². The van der Waals surface area contributed by atoms with Crippen LogP contribution in [0, 0.1) is 6.92 Å². The van der Waals surface area contributed by atoms with Crippen LogP contribution in [-0.4, -0.2) is 20.1 Å². The average Bonchev–Trinajstić information content (AvgIpc) is 2.65. The minimum absolute atomic E-state index is 0.0268. The van der Waals surface area contributed by atoms with E-state index in [1.165, 1.54) is 17.7 Å². The van der Waals surface area contributed by atoms with E-state index in [0.717, 1.165) is 16.5 Å². The number of methoxy groups -OCH3 is 1. The predicted octanol–water partition coefficient (Wildman–Crippen LogP) is 2.12. The van der Waals surface area contributed by atoms with Crippen LogP contribution >= 0.6 is 0 Å². The van der Waals surface area contributed by atoms with Crippen molar-refractivity contribution in [2.24, 2.45) is 12.8 Å². The van der Waals surface area contributed by atoms with Crippen molar-refractivity contribution >= 4 is 26.6 Å². The number of hydrogen-bond donors (Lipinski definition) is 2. The summed E-state index contributed by atoms with van der Waals surface area (Å²) in [5, 5.41) is 0.764. The first-order valence-electron chi connectivity index (χ1n) is 8.27. The summed E-state index contributed by atoms with van der Waals surface area (Å²) in [6.07, 6.45) is 0. The highest BCUT2D eigenvalue weighted by Crippen LogP contribution is 2.28. The van der Waals surface area contributed by atoms with Gasteiger partial charge in [0.2, 0.25) is 0 Å². The van der Waals surface area contributed by atoms with Crippen molar-refractivity contribution < 1.29 is 13.2 Å². The molecule has 0 aliphatic rings. The standard InChI is InChI=1S/C19H21N3O4S/c1-12-8-14-10-15(5-6-16(14)22(2)19(12)23)21-27(24,25)18-7-4-13(11-20)9-17(18)26-3/h4-10,21H,11,20H2,1-3H3. The quantitative estimate of drug-likeness (QED) is 0.698. The van der Waals surface area contributed by atoms with Crippen LogP contribution in [0.3, 0.4) is 0 Å². The molecule has 0 unspecified atom stereocenters. The van der Waals surface area contributed by atoms with Crippen molar-refractivity contribution in [3.63, 3.8) is 0 Å². The molecule has 0 fully saturated rings. The topological polar surface area (TPSA) is 103 Å². The minimum atomic E-state index is -3.86. The summed E-state index contributed by atoms with van der Waals surface area (Å²) in [6, 6.07) is 11.5. The van der Waals surface area contributed by atoms with Gasteiger partial charge in [-0.1, -0.05) is 6.07 Å². The summed E-state index contributed by atoms with van der Waals surface area (Å²) < 4.78 is 35.0. The SMILES string of the molecule is COc1cc(CN)ccc1S(=O)(=O)Nc1ccc2c(c1)cc(C)c(=O)n2C. The first-order chi connectivity index (χ1) is 12.8. The van der Waals surface area contributed by atoms with Crippen LogP contribution in [0.4, 0.5) is 5.69 Å². The van der Waals surface area contributed by atoms with E-state index in [0.29, 0.717) is 11.3 Å². The number of fused-ring (bicyclic) bond motifs is 1. The molecule has 0 saturated carbocycles. The van der Waals surface area contributed by atoms with Crippen LogP contribution in [-0.2, 0) is 23.6 Å². The van der Waals surface area contributed by atoms with E-state index in [1.54, 1.807) is 50.4 Å². The summed E-state index contributed by atoms with van der Waals surface area (Å²) in [5.41, 5.74) is 7.99. The van der Waals surface area contributed by atoms with Gasteiger partial charge in [0.05, 0.1) is 12.6 Å². The van der Waals surface area contributed by atoms with E-state index in [2.05, 4.69) is 4.72 Å². The zero-order valence-corrected chi connectivity index (χ0v) is 16.1. The van der Waals surface area contributed by atoms with Crippen LogP contribution in [0.25, 0.3) is 10.9 Å². The Labute approximate surface area is 157 Å². The van der Waals surface area contributed by atoms with Crippen molar-refractivity contribution in [1.29, 1.82) is 0 Å². The molecule has 1 heterocycles. The molecule has 1 aromatic heterocycles. The molecule has 0 spiro atoms. The highest BCUT2D eigenvalue weighted by Gasteiger charge is 2.20. The van der Waals surface area contributed by atoms with Gasteiger partial charge in [-0.15, -0.1) is 0 Å². The number of sulfonamides is 1. The van der Waals surface area contributed by atoms with Crippen LogP contribution < -0.4 is 20.8 Å². The molecule has 8 heteroatoms. The fraction of sp³-hybridized carbons (Fsp3) is 0.211. The molecule has 2 aromatic carbocycles. The van der Waals surface area contributed by atoms with E-state index in [1.807, 2.05) is 0 Å². The Bertz CT molecular complexity index is 1180.